The molecule has 1 aliphatic rings. The highest BCUT2D eigenvalue weighted by molar-refractivity contribution is 8.05. The Morgan fingerprint density at radius 1 is 1.50 bits per heavy atom. The number of carbonyl (C=O) groups is 1. The summed E-state index contributed by atoms with van der Waals surface area (Å²) in [5.41, 5.74) is 7.39. The van der Waals surface area contributed by atoms with Crippen LogP contribution in [0.2, 0.25) is 5.02 Å². The second-order valence-corrected chi connectivity index (χ2v) is 9.91. The van der Waals surface area contributed by atoms with Crippen LogP contribution in [0.5, 0.6) is 0 Å². The number of benzene rings is 1. The van der Waals surface area contributed by atoms with Gasteiger partial charge >= 0.3 is 0 Å². The van der Waals surface area contributed by atoms with E-state index >= 15 is 0 Å². The lowest BCUT2D eigenvalue weighted by Crippen LogP contribution is -2.58. The number of hydrogen-bond acceptors (Lipinski definition) is 6. The summed E-state index contributed by atoms with van der Waals surface area (Å²) >= 11 is 7.84. The lowest BCUT2D eigenvalue weighted by molar-refractivity contribution is -0.141. The molecule has 0 spiro atoms. The molecule has 9 heteroatoms. The molecule has 0 bridgehead atoms. The van der Waals surface area contributed by atoms with Gasteiger partial charge in [0.05, 0.1) is 35.1 Å². The maximum absolute atomic E-state index is 13.4. The van der Waals surface area contributed by atoms with Crippen LogP contribution in [0, 0.1) is 0 Å². The predicted molar refractivity (Wildman–Crippen MR) is 133 cm³/mol. The Bertz CT molecular complexity index is 1210. The first-order valence-electron chi connectivity index (χ1n) is 10.2. The molecule has 3 aromatic rings. The van der Waals surface area contributed by atoms with Crippen molar-refractivity contribution >= 4 is 56.8 Å². The first-order chi connectivity index (χ1) is 15.3. The van der Waals surface area contributed by atoms with Crippen molar-refractivity contribution in [3.05, 3.63) is 58.7 Å². The average molecular weight is 472 g/mol. The van der Waals surface area contributed by atoms with Gasteiger partial charge in [-0.2, -0.15) is 0 Å². The predicted octanol–water partition coefficient (Wildman–Crippen LogP) is 4.46. The average Bonchev–Trinajstić information content (AvgIpc) is 3.10. The van der Waals surface area contributed by atoms with E-state index in [1.165, 1.54) is 18.0 Å². The van der Waals surface area contributed by atoms with Crippen molar-refractivity contribution in [3.63, 3.8) is 0 Å². The van der Waals surface area contributed by atoms with Crippen LogP contribution in [0.1, 0.15) is 13.8 Å². The number of carbonyl (C=O) groups excluding carboxylic acids is 1. The maximum Gasteiger partial charge on any atom is 0.244 e. The number of pyridine rings is 1. The smallest absolute Gasteiger partial charge is 0.244 e. The van der Waals surface area contributed by atoms with Gasteiger partial charge in [0, 0.05) is 41.3 Å². The summed E-state index contributed by atoms with van der Waals surface area (Å²) in [6.45, 7) is 9.56. The van der Waals surface area contributed by atoms with Gasteiger partial charge in [0.15, 0.2) is 0 Å². The van der Waals surface area contributed by atoms with Gasteiger partial charge in [0.1, 0.15) is 6.04 Å². The molecule has 1 aliphatic heterocycles. The topological polar surface area (TPSA) is 96.3 Å². The summed E-state index contributed by atoms with van der Waals surface area (Å²) in [5.74, 6) is -0.159. The van der Waals surface area contributed by atoms with Crippen molar-refractivity contribution in [2.24, 2.45) is 5.73 Å². The molecule has 0 unspecified atom stereocenters. The van der Waals surface area contributed by atoms with Gasteiger partial charge in [-0.1, -0.05) is 18.2 Å². The van der Waals surface area contributed by atoms with Crippen LogP contribution in [0.25, 0.3) is 21.8 Å². The Hall–Kier alpha value is -2.52. The fourth-order valence-electron chi connectivity index (χ4n) is 3.99. The van der Waals surface area contributed by atoms with Crippen LogP contribution in [0.3, 0.4) is 0 Å². The van der Waals surface area contributed by atoms with Gasteiger partial charge in [0.25, 0.3) is 0 Å². The number of thioether (sulfide) groups is 1. The van der Waals surface area contributed by atoms with Gasteiger partial charge < -0.3 is 20.8 Å². The zero-order valence-corrected chi connectivity index (χ0v) is 19.6. The lowest BCUT2D eigenvalue weighted by Gasteiger charge is -2.43. The number of aromatic nitrogens is 2. The minimum atomic E-state index is -0.470. The summed E-state index contributed by atoms with van der Waals surface area (Å²) in [6.07, 6.45) is 4.97. The Balaban J connectivity index is 1.61. The number of fused-ring (bicyclic) bond motifs is 3. The van der Waals surface area contributed by atoms with Crippen LogP contribution >= 0.6 is 23.4 Å². The number of morpholine rings is 1. The number of nitrogens with zero attached hydrogens (tertiary/aromatic N) is 2. The van der Waals surface area contributed by atoms with Crippen molar-refractivity contribution in [3.8, 4) is 0 Å². The third kappa shape index (κ3) is 4.78. The number of nitrogens with one attached hydrogen (secondary N) is 2. The number of anilines is 1. The summed E-state index contributed by atoms with van der Waals surface area (Å²) in [7, 11) is 0. The number of aromatic amines is 1. The van der Waals surface area contributed by atoms with Crippen LogP contribution in [0.15, 0.2) is 53.7 Å². The highest BCUT2D eigenvalue weighted by Crippen LogP contribution is 2.34. The molecule has 0 aliphatic carbocycles. The van der Waals surface area contributed by atoms with Crippen LogP contribution in [-0.4, -0.2) is 52.1 Å². The Morgan fingerprint density at radius 3 is 3.09 bits per heavy atom. The van der Waals surface area contributed by atoms with Crippen molar-refractivity contribution in [1.29, 1.82) is 0 Å². The van der Waals surface area contributed by atoms with Crippen molar-refractivity contribution in [1.82, 2.24) is 14.9 Å². The summed E-state index contributed by atoms with van der Waals surface area (Å²) in [6, 6.07) is 5.09. The second-order valence-electron chi connectivity index (χ2n) is 8.39. The fraction of sp³-hybridized carbons (Fsp3) is 0.304. The number of rotatable bonds is 6. The Morgan fingerprint density at radius 2 is 2.31 bits per heavy atom. The molecule has 168 valence electrons. The van der Waals surface area contributed by atoms with E-state index in [2.05, 4.69) is 26.8 Å². The largest absolute Gasteiger partial charge is 0.404 e. The van der Waals surface area contributed by atoms with E-state index in [1.54, 1.807) is 23.9 Å². The van der Waals surface area contributed by atoms with Gasteiger partial charge in [-0.15, -0.1) is 11.8 Å². The van der Waals surface area contributed by atoms with E-state index in [1.807, 2.05) is 26.0 Å². The highest BCUT2D eigenvalue weighted by Gasteiger charge is 2.38. The van der Waals surface area contributed by atoms with Crippen molar-refractivity contribution in [2.45, 2.75) is 25.5 Å². The molecule has 4 rings (SSSR count). The third-order valence-electron chi connectivity index (χ3n) is 5.38. The Labute approximate surface area is 196 Å². The normalized spacial score (nSPS) is 19.0. The first kappa shape index (κ1) is 22.7. The van der Waals surface area contributed by atoms with Crippen LogP contribution < -0.4 is 11.1 Å². The minimum absolute atomic E-state index is 0.159. The fourth-order valence-corrected chi connectivity index (χ4v) is 4.72. The van der Waals surface area contributed by atoms with Crippen molar-refractivity contribution < 1.29 is 9.53 Å². The molecule has 4 N–H and O–H groups in total. The van der Waals surface area contributed by atoms with E-state index in [0.29, 0.717) is 23.8 Å². The number of ether oxygens (including phenoxy) is 1. The van der Waals surface area contributed by atoms with Gasteiger partial charge in [0.2, 0.25) is 5.91 Å². The molecular weight excluding hydrogens is 446 g/mol. The van der Waals surface area contributed by atoms with E-state index in [4.69, 9.17) is 22.1 Å². The molecule has 7 nitrogen and oxygen atoms in total. The SMILES string of the molecule is C=C(CN1CC(C)(C)OC[C@H]1C(=O)Nc1cc(Cl)cc2c1[nH]c1cnccc12)S/C=C\N. The number of amides is 1. The number of hydrogen-bond donors (Lipinski definition) is 3. The number of nitrogens with two attached hydrogens (primary N) is 1. The van der Waals surface area contributed by atoms with Gasteiger partial charge in [-0.05, 0) is 42.4 Å². The highest BCUT2D eigenvalue weighted by atomic mass is 35.5. The molecule has 0 radical (unpaired) electrons. The quantitative estimate of drug-likeness (QED) is 0.491. The van der Waals surface area contributed by atoms with E-state index in [0.717, 1.165) is 26.7 Å². The zero-order valence-electron chi connectivity index (χ0n) is 18.0. The molecule has 1 fully saturated rings. The Kier molecular flexibility index (Phi) is 6.48. The minimum Gasteiger partial charge on any atom is -0.404 e. The van der Waals surface area contributed by atoms with Crippen LogP contribution in [-0.2, 0) is 9.53 Å². The lowest BCUT2D eigenvalue weighted by atomic mass is 10.0. The summed E-state index contributed by atoms with van der Waals surface area (Å²) < 4.78 is 5.97. The van der Waals surface area contributed by atoms with Crippen LogP contribution in [0.4, 0.5) is 5.69 Å². The second kappa shape index (κ2) is 9.15. The van der Waals surface area contributed by atoms with E-state index in [-0.39, 0.29) is 18.1 Å². The van der Waals surface area contributed by atoms with Crippen molar-refractivity contribution in [2.75, 3.05) is 25.0 Å². The molecule has 32 heavy (non-hydrogen) atoms. The first-order valence-corrected chi connectivity index (χ1v) is 11.5. The number of H-pyrrole nitrogens is 1. The third-order valence-corrected chi connectivity index (χ3v) is 6.36. The maximum atomic E-state index is 13.4. The molecule has 0 saturated carbocycles. The summed E-state index contributed by atoms with van der Waals surface area (Å²) in [4.78, 5) is 23.9. The number of halogens is 1. The van der Waals surface area contributed by atoms with E-state index in [9.17, 15) is 4.79 Å². The van der Waals surface area contributed by atoms with Gasteiger partial charge in [-0.3, -0.25) is 14.7 Å². The van der Waals surface area contributed by atoms with E-state index < -0.39 is 6.04 Å². The molecule has 1 saturated heterocycles. The molecular formula is C23H26ClN5O2S. The molecule has 3 heterocycles. The zero-order chi connectivity index (χ0) is 22.9. The van der Waals surface area contributed by atoms with Gasteiger partial charge in [-0.25, -0.2) is 0 Å². The standard InChI is InChI=1S/C23H26ClN5O2S/c1-14(32-7-5-25)11-29-13-23(2,3)31-12-20(29)22(30)28-18-9-15(24)8-17-16-4-6-26-10-19(16)27-21(17)18/h4-10,20,27H,1,11-13,25H2,2-3H3,(H,28,30)/b7-5-/t20-/m0/s1. The molecule has 1 amide bonds. The molecule has 1 atom stereocenters. The molecule has 2 aromatic heterocycles. The monoisotopic (exact) mass is 471 g/mol. The molecule has 1 aromatic carbocycles. The summed E-state index contributed by atoms with van der Waals surface area (Å²) in [5, 5.41) is 7.31.